The Kier molecular flexibility index (Phi) is 4.08. The van der Waals surface area contributed by atoms with Crippen LogP contribution in [0.4, 0.5) is 5.82 Å². The lowest BCUT2D eigenvalue weighted by Crippen LogP contribution is -2.42. The van der Waals surface area contributed by atoms with E-state index in [-0.39, 0.29) is 17.6 Å². The molecule has 3 saturated heterocycles. The first-order valence-electron chi connectivity index (χ1n) is 9.96. The predicted octanol–water partition coefficient (Wildman–Crippen LogP) is 1.90. The number of ether oxygens (including phenoxy) is 1. The third kappa shape index (κ3) is 2.85. The molecule has 0 aromatic carbocycles. The van der Waals surface area contributed by atoms with Gasteiger partial charge in [0, 0.05) is 43.9 Å². The molecule has 7 heteroatoms. The summed E-state index contributed by atoms with van der Waals surface area (Å²) in [4.78, 5) is 27.7. The van der Waals surface area contributed by atoms with Crippen molar-refractivity contribution in [1.29, 1.82) is 0 Å². The normalized spacial score (nSPS) is 30.5. The molecule has 0 unspecified atom stereocenters. The molecule has 2 aromatic heterocycles. The van der Waals surface area contributed by atoms with Crippen molar-refractivity contribution in [3.05, 3.63) is 47.7 Å². The summed E-state index contributed by atoms with van der Waals surface area (Å²) in [6, 6.07) is 4.16. The number of nitrogens with one attached hydrogen (secondary N) is 1. The summed E-state index contributed by atoms with van der Waals surface area (Å²) < 4.78 is 6.48. The minimum atomic E-state index is -0.167. The highest BCUT2D eigenvalue weighted by Crippen LogP contribution is 2.55. The number of rotatable bonds is 4. The van der Waals surface area contributed by atoms with E-state index in [4.69, 9.17) is 4.74 Å². The summed E-state index contributed by atoms with van der Waals surface area (Å²) in [7, 11) is 0. The smallest absolute Gasteiger partial charge is 0.271 e. The Morgan fingerprint density at radius 3 is 3.00 bits per heavy atom. The molecular weight excluding hydrogens is 354 g/mol. The lowest BCUT2D eigenvalue weighted by atomic mass is 9.73. The van der Waals surface area contributed by atoms with Crippen molar-refractivity contribution in [2.45, 2.75) is 38.4 Å². The summed E-state index contributed by atoms with van der Waals surface area (Å²) in [5.41, 5.74) is 2.29. The van der Waals surface area contributed by atoms with Crippen molar-refractivity contribution in [3.63, 3.8) is 0 Å². The molecule has 5 heterocycles. The lowest BCUT2D eigenvalue weighted by Gasteiger charge is -2.29. The molecule has 3 aliphatic rings. The second-order valence-electron chi connectivity index (χ2n) is 8.36. The first-order valence-corrected chi connectivity index (χ1v) is 9.96. The van der Waals surface area contributed by atoms with Crippen molar-refractivity contribution in [2.75, 3.05) is 24.5 Å². The van der Waals surface area contributed by atoms with Gasteiger partial charge in [-0.1, -0.05) is 0 Å². The Bertz CT molecular complexity index is 902. The van der Waals surface area contributed by atoms with Gasteiger partial charge in [0.1, 0.15) is 11.5 Å². The van der Waals surface area contributed by atoms with Crippen LogP contribution in [0.25, 0.3) is 0 Å². The quantitative estimate of drug-likeness (QED) is 0.874. The molecule has 0 radical (unpaired) electrons. The molecule has 146 valence electrons. The average molecular weight is 379 g/mol. The Morgan fingerprint density at radius 1 is 1.32 bits per heavy atom. The Balaban J connectivity index is 1.29. The number of anilines is 1. The zero-order chi connectivity index (χ0) is 19.3. The van der Waals surface area contributed by atoms with E-state index >= 15 is 0 Å². The van der Waals surface area contributed by atoms with E-state index in [1.807, 2.05) is 19.2 Å². The number of hydrogen-bond acceptors (Lipinski definition) is 6. The number of amides is 1. The van der Waals surface area contributed by atoms with E-state index in [1.54, 1.807) is 6.20 Å². The van der Waals surface area contributed by atoms with E-state index in [9.17, 15) is 4.79 Å². The van der Waals surface area contributed by atoms with Crippen LogP contribution >= 0.6 is 0 Å². The standard InChI is InChI=1S/C21H25N5O2/c1-13-4-6-22-19(7-13)26-11-16-15(18-3-5-21(16,12-26)28-18)9-25-20(27)17-10-23-14(2)8-24-17/h4,6-8,10,15-16,18H,3,5,9,11-12H2,1-2H3,(H,25,27)/t15-,16+,18+,21+/m0/s1. The zero-order valence-corrected chi connectivity index (χ0v) is 16.3. The lowest BCUT2D eigenvalue weighted by molar-refractivity contribution is 0.0141. The number of nitrogens with zero attached hydrogens (tertiary/aromatic N) is 4. The van der Waals surface area contributed by atoms with Gasteiger partial charge in [-0.15, -0.1) is 0 Å². The highest BCUT2D eigenvalue weighted by Gasteiger charge is 2.63. The molecule has 3 aliphatic heterocycles. The molecule has 3 fully saturated rings. The zero-order valence-electron chi connectivity index (χ0n) is 16.3. The fourth-order valence-electron chi connectivity index (χ4n) is 5.14. The molecule has 28 heavy (non-hydrogen) atoms. The monoisotopic (exact) mass is 379 g/mol. The Labute approximate surface area is 164 Å². The summed E-state index contributed by atoms with van der Waals surface area (Å²) >= 11 is 0. The molecule has 5 rings (SSSR count). The van der Waals surface area contributed by atoms with Crippen LogP contribution in [0.1, 0.15) is 34.6 Å². The summed E-state index contributed by atoms with van der Waals surface area (Å²) in [6.45, 7) is 6.38. The number of hydrogen-bond donors (Lipinski definition) is 1. The van der Waals surface area contributed by atoms with Crippen molar-refractivity contribution in [3.8, 4) is 0 Å². The largest absolute Gasteiger partial charge is 0.369 e. The molecule has 0 aliphatic carbocycles. The van der Waals surface area contributed by atoms with Crippen LogP contribution in [0.2, 0.25) is 0 Å². The molecule has 1 amide bonds. The van der Waals surface area contributed by atoms with E-state index in [1.165, 1.54) is 11.8 Å². The van der Waals surface area contributed by atoms with E-state index in [0.717, 1.165) is 37.4 Å². The van der Waals surface area contributed by atoms with Crippen LogP contribution in [0.5, 0.6) is 0 Å². The molecule has 4 atom stereocenters. The van der Waals surface area contributed by atoms with Gasteiger partial charge in [0.05, 0.1) is 23.6 Å². The summed E-state index contributed by atoms with van der Waals surface area (Å²) in [5, 5.41) is 3.06. The number of pyridine rings is 1. The van der Waals surface area contributed by atoms with Crippen molar-refractivity contribution in [2.24, 2.45) is 11.8 Å². The van der Waals surface area contributed by atoms with Crippen LogP contribution in [0.3, 0.4) is 0 Å². The molecular formula is C21H25N5O2. The first-order chi connectivity index (χ1) is 13.5. The van der Waals surface area contributed by atoms with Gasteiger partial charge in [-0.25, -0.2) is 9.97 Å². The Morgan fingerprint density at radius 2 is 2.21 bits per heavy atom. The van der Waals surface area contributed by atoms with Gasteiger partial charge in [-0.05, 0) is 44.4 Å². The third-order valence-corrected chi connectivity index (χ3v) is 6.52. The first kappa shape index (κ1) is 17.6. The van der Waals surface area contributed by atoms with Gasteiger partial charge in [0.25, 0.3) is 5.91 Å². The topological polar surface area (TPSA) is 80.2 Å². The van der Waals surface area contributed by atoms with Crippen molar-refractivity contribution in [1.82, 2.24) is 20.3 Å². The molecule has 7 nitrogen and oxygen atoms in total. The molecule has 2 bridgehead atoms. The van der Waals surface area contributed by atoms with E-state index < -0.39 is 0 Å². The van der Waals surface area contributed by atoms with E-state index in [0.29, 0.717) is 24.1 Å². The second-order valence-corrected chi connectivity index (χ2v) is 8.36. The molecule has 1 N–H and O–H groups in total. The van der Waals surface area contributed by atoms with Crippen LogP contribution in [-0.4, -0.2) is 52.2 Å². The SMILES string of the molecule is Cc1ccnc(N2C[C@@H]3[C@H](CNC(=O)c4cnc(C)cn4)[C@H]4CC[C@]3(C2)O4)c1. The number of aryl methyl sites for hydroxylation is 2. The van der Waals surface area contributed by atoms with Crippen LogP contribution in [0, 0.1) is 25.7 Å². The summed E-state index contributed by atoms with van der Waals surface area (Å²) in [6.07, 6.45) is 7.42. The fraction of sp³-hybridized carbons (Fsp3) is 0.524. The second kappa shape index (κ2) is 6.51. The number of carbonyl (C=O) groups excluding carboxylic acids is 1. The van der Waals surface area contributed by atoms with Gasteiger partial charge < -0.3 is 15.0 Å². The predicted molar refractivity (Wildman–Crippen MR) is 104 cm³/mol. The number of carbonyl (C=O) groups is 1. The highest BCUT2D eigenvalue weighted by molar-refractivity contribution is 5.91. The minimum Gasteiger partial charge on any atom is -0.369 e. The van der Waals surface area contributed by atoms with Gasteiger partial charge >= 0.3 is 0 Å². The Hall–Kier alpha value is -2.54. The average Bonchev–Trinajstić information content (AvgIpc) is 3.35. The van der Waals surface area contributed by atoms with Crippen molar-refractivity contribution < 1.29 is 9.53 Å². The number of fused-ring (bicyclic) bond motifs is 1. The van der Waals surface area contributed by atoms with Crippen molar-refractivity contribution >= 4 is 11.7 Å². The molecule has 1 spiro atoms. The van der Waals surface area contributed by atoms with Crippen LogP contribution < -0.4 is 10.2 Å². The summed E-state index contributed by atoms with van der Waals surface area (Å²) in [5.74, 6) is 1.59. The van der Waals surface area contributed by atoms with Gasteiger partial charge in [-0.2, -0.15) is 0 Å². The highest BCUT2D eigenvalue weighted by atomic mass is 16.5. The maximum absolute atomic E-state index is 12.5. The molecule has 0 saturated carbocycles. The van der Waals surface area contributed by atoms with Gasteiger partial charge in [-0.3, -0.25) is 9.78 Å². The fourth-order valence-corrected chi connectivity index (χ4v) is 5.14. The van der Waals surface area contributed by atoms with Crippen LogP contribution in [-0.2, 0) is 4.74 Å². The number of aromatic nitrogens is 3. The van der Waals surface area contributed by atoms with Crippen LogP contribution in [0.15, 0.2) is 30.7 Å². The third-order valence-electron chi connectivity index (χ3n) is 6.52. The van der Waals surface area contributed by atoms with Gasteiger partial charge in [0.15, 0.2) is 0 Å². The van der Waals surface area contributed by atoms with Gasteiger partial charge in [0.2, 0.25) is 0 Å². The molecule has 2 aromatic rings. The van der Waals surface area contributed by atoms with E-state index in [2.05, 4.69) is 38.2 Å². The maximum Gasteiger partial charge on any atom is 0.271 e. The minimum absolute atomic E-state index is 0.0881. The maximum atomic E-state index is 12.5.